The minimum Gasteiger partial charge on any atom is -0.494 e. The van der Waals surface area contributed by atoms with Gasteiger partial charge in [-0.2, -0.15) is 5.26 Å². The van der Waals surface area contributed by atoms with Crippen molar-refractivity contribution in [3.05, 3.63) is 40.4 Å². The van der Waals surface area contributed by atoms with Crippen molar-refractivity contribution in [3.63, 3.8) is 0 Å². The molecular weight excluding hydrogens is 254 g/mol. The van der Waals surface area contributed by atoms with Gasteiger partial charge in [0.05, 0.1) is 6.54 Å². The summed E-state index contributed by atoms with van der Waals surface area (Å²) in [7, 11) is 0. The zero-order valence-electron chi connectivity index (χ0n) is 9.44. The number of rotatable bonds is 2. The van der Waals surface area contributed by atoms with E-state index in [0.29, 0.717) is 36.2 Å². The molecule has 5 nitrogen and oxygen atoms in total. The van der Waals surface area contributed by atoms with E-state index in [4.69, 9.17) is 21.6 Å². The van der Waals surface area contributed by atoms with Gasteiger partial charge in [-0.3, -0.25) is 4.79 Å². The number of nitrogens with zero attached hydrogens (tertiary/aromatic N) is 2. The Labute approximate surface area is 109 Å². The van der Waals surface area contributed by atoms with Crippen LogP contribution in [0, 0.1) is 11.3 Å². The highest BCUT2D eigenvalue weighted by molar-refractivity contribution is 6.29. The number of hydrogen-bond donors (Lipinski definition) is 1. The highest BCUT2D eigenvalue weighted by Gasteiger charge is 2.20. The second kappa shape index (κ2) is 5.63. The van der Waals surface area contributed by atoms with Gasteiger partial charge in [0.15, 0.2) is 0 Å². The van der Waals surface area contributed by atoms with Gasteiger partial charge in [-0.05, 0) is 12.1 Å². The van der Waals surface area contributed by atoms with Crippen LogP contribution in [0.3, 0.4) is 0 Å². The van der Waals surface area contributed by atoms with E-state index < -0.39 is 5.78 Å². The van der Waals surface area contributed by atoms with Gasteiger partial charge >= 0.3 is 0 Å². The summed E-state index contributed by atoms with van der Waals surface area (Å²) in [6.07, 6.45) is 1.35. The molecule has 0 spiro atoms. The summed E-state index contributed by atoms with van der Waals surface area (Å²) >= 11 is 5.64. The summed E-state index contributed by atoms with van der Waals surface area (Å²) in [4.78, 5) is 15.9. The molecule has 2 heterocycles. The van der Waals surface area contributed by atoms with Gasteiger partial charge in [0, 0.05) is 18.3 Å². The Bertz CT molecular complexity index is 523. The molecule has 1 saturated heterocycles. The summed E-state index contributed by atoms with van der Waals surface area (Å²) in [5.74, 6) is -0.0240. The van der Waals surface area contributed by atoms with Gasteiger partial charge in [0.2, 0.25) is 5.78 Å². The summed E-state index contributed by atoms with van der Waals surface area (Å²) in [6.45, 7) is 1.54. The quantitative estimate of drug-likeness (QED) is 0.377. The summed E-state index contributed by atoms with van der Waals surface area (Å²) in [5.41, 5.74) is 0.323. The maximum atomic E-state index is 12.1. The number of carbonyl (C=O) groups is 1. The van der Waals surface area contributed by atoms with Gasteiger partial charge < -0.3 is 10.1 Å². The largest absolute Gasteiger partial charge is 0.494 e. The van der Waals surface area contributed by atoms with Gasteiger partial charge in [0.1, 0.15) is 29.2 Å². The lowest BCUT2D eigenvalue weighted by Gasteiger charge is -2.18. The number of pyridine rings is 1. The lowest BCUT2D eigenvalue weighted by atomic mass is 10.0. The molecule has 0 aliphatic carbocycles. The van der Waals surface area contributed by atoms with E-state index in [-0.39, 0.29) is 5.57 Å². The molecule has 2 rings (SSSR count). The average Bonchev–Trinajstić information content (AvgIpc) is 2.41. The number of hydrogen-bond acceptors (Lipinski definition) is 5. The fourth-order valence-electron chi connectivity index (χ4n) is 1.55. The number of ether oxygens (including phenoxy) is 1. The van der Waals surface area contributed by atoms with Crippen molar-refractivity contribution in [2.45, 2.75) is 0 Å². The Kier molecular flexibility index (Phi) is 3.92. The lowest BCUT2D eigenvalue weighted by Crippen LogP contribution is -2.30. The number of allylic oxidation sites excluding steroid dienone is 1. The highest BCUT2D eigenvalue weighted by Crippen LogP contribution is 2.15. The van der Waals surface area contributed by atoms with E-state index in [1.807, 2.05) is 6.07 Å². The van der Waals surface area contributed by atoms with E-state index in [1.54, 1.807) is 0 Å². The number of morpholine rings is 1. The van der Waals surface area contributed by atoms with E-state index in [0.717, 1.165) is 0 Å². The zero-order valence-corrected chi connectivity index (χ0v) is 10.2. The number of carbonyl (C=O) groups excluding carboxylic acids is 1. The maximum absolute atomic E-state index is 12.1. The van der Waals surface area contributed by atoms with Crippen LogP contribution in [0.4, 0.5) is 0 Å². The molecule has 18 heavy (non-hydrogen) atoms. The van der Waals surface area contributed by atoms with Crippen LogP contribution in [0.15, 0.2) is 29.7 Å². The summed E-state index contributed by atoms with van der Waals surface area (Å²) in [6, 6.07) is 4.93. The molecule has 0 unspecified atom stereocenters. The number of nitrogens with one attached hydrogen (secondary N) is 1. The number of aromatic nitrogens is 1. The molecule has 1 aliphatic rings. The van der Waals surface area contributed by atoms with E-state index in [2.05, 4.69) is 10.3 Å². The van der Waals surface area contributed by atoms with Crippen LogP contribution in [0.25, 0.3) is 0 Å². The zero-order chi connectivity index (χ0) is 13.0. The predicted octanol–water partition coefficient (Wildman–Crippen LogP) is 1.32. The summed E-state index contributed by atoms with van der Waals surface area (Å²) < 4.78 is 5.32. The molecule has 0 saturated carbocycles. The van der Waals surface area contributed by atoms with Crippen molar-refractivity contribution in [1.82, 2.24) is 10.3 Å². The Balaban J connectivity index is 2.31. The van der Waals surface area contributed by atoms with Crippen LogP contribution in [-0.4, -0.2) is 30.5 Å². The fourth-order valence-corrected chi connectivity index (χ4v) is 1.67. The Morgan fingerprint density at radius 1 is 1.56 bits per heavy atom. The molecule has 1 aromatic rings. The van der Waals surface area contributed by atoms with Crippen LogP contribution in [0.2, 0.25) is 5.15 Å². The van der Waals surface area contributed by atoms with Gasteiger partial charge in [-0.15, -0.1) is 0 Å². The van der Waals surface area contributed by atoms with E-state index >= 15 is 0 Å². The molecule has 92 valence electrons. The third-order valence-electron chi connectivity index (χ3n) is 2.45. The first-order valence-electron chi connectivity index (χ1n) is 5.35. The van der Waals surface area contributed by atoms with Crippen molar-refractivity contribution in [2.24, 2.45) is 0 Å². The number of nitriles is 1. The Morgan fingerprint density at radius 3 is 2.94 bits per heavy atom. The van der Waals surface area contributed by atoms with Crippen LogP contribution in [0.1, 0.15) is 10.4 Å². The molecule has 6 heteroatoms. The number of ketones is 1. The minimum absolute atomic E-state index is 0.00585. The standard InChI is InChI=1S/C12H10ClN3O2/c13-11-2-1-8(6-16-11)12(17)9(5-14)10-7-15-3-4-18-10/h1-2,6,15H,3-4,7H2. The lowest BCUT2D eigenvalue weighted by molar-refractivity contribution is 0.102. The molecule has 1 aliphatic heterocycles. The Hall–Kier alpha value is -1.90. The van der Waals surface area contributed by atoms with Crippen molar-refractivity contribution >= 4 is 17.4 Å². The van der Waals surface area contributed by atoms with Crippen LogP contribution in [0.5, 0.6) is 0 Å². The molecule has 1 aromatic heterocycles. The Morgan fingerprint density at radius 2 is 2.39 bits per heavy atom. The van der Waals surface area contributed by atoms with E-state index in [9.17, 15) is 4.79 Å². The topological polar surface area (TPSA) is 75.0 Å². The van der Waals surface area contributed by atoms with Crippen molar-refractivity contribution < 1.29 is 9.53 Å². The first-order chi connectivity index (χ1) is 8.72. The van der Waals surface area contributed by atoms with Crippen LogP contribution >= 0.6 is 11.6 Å². The molecule has 1 fully saturated rings. The molecular formula is C12H10ClN3O2. The monoisotopic (exact) mass is 263 g/mol. The van der Waals surface area contributed by atoms with Gasteiger partial charge in [0.25, 0.3) is 0 Å². The summed E-state index contributed by atoms with van der Waals surface area (Å²) in [5, 5.41) is 12.4. The normalized spacial score (nSPS) is 17.6. The molecule has 0 aromatic carbocycles. The second-order valence-electron chi connectivity index (χ2n) is 3.63. The third-order valence-corrected chi connectivity index (χ3v) is 2.67. The first kappa shape index (κ1) is 12.6. The number of Topliss-reactive ketones (excluding diaryl/α,β-unsaturated/α-hetero) is 1. The molecule has 0 atom stereocenters. The maximum Gasteiger partial charge on any atom is 0.208 e. The van der Waals surface area contributed by atoms with E-state index in [1.165, 1.54) is 18.3 Å². The molecule has 0 bridgehead atoms. The minimum atomic E-state index is -0.402. The van der Waals surface area contributed by atoms with Crippen molar-refractivity contribution in [3.8, 4) is 6.07 Å². The van der Waals surface area contributed by atoms with Crippen LogP contribution in [-0.2, 0) is 4.74 Å². The second-order valence-corrected chi connectivity index (χ2v) is 4.02. The van der Waals surface area contributed by atoms with Crippen molar-refractivity contribution in [2.75, 3.05) is 19.7 Å². The fraction of sp³-hybridized carbons (Fsp3) is 0.250. The third kappa shape index (κ3) is 2.67. The predicted molar refractivity (Wildman–Crippen MR) is 65.0 cm³/mol. The molecule has 1 N–H and O–H groups in total. The SMILES string of the molecule is N#CC(C(=O)c1ccc(Cl)nc1)=C1CNCCO1. The van der Waals surface area contributed by atoms with Crippen LogP contribution < -0.4 is 5.32 Å². The number of halogens is 1. The molecule has 0 radical (unpaired) electrons. The van der Waals surface area contributed by atoms with Gasteiger partial charge in [-0.25, -0.2) is 4.98 Å². The molecule has 0 amide bonds. The average molecular weight is 264 g/mol. The van der Waals surface area contributed by atoms with Crippen molar-refractivity contribution in [1.29, 1.82) is 5.26 Å². The first-order valence-corrected chi connectivity index (χ1v) is 5.73. The smallest absolute Gasteiger partial charge is 0.208 e. The highest BCUT2D eigenvalue weighted by atomic mass is 35.5. The van der Waals surface area contributed by atoms with Gasteiger partial charge in [-0.1, -0.05) is 11.6 Å².